The topological polar surface area (TPSA) is 49.3 Å². The molecular weight excluding hydrogens is 300 g/mol. The van der Waals surface area contributed by atoms with Crippen molar-refractivity contribution in [3.63, 3.8) is 0 Å². The molecule has 2 N–H and O–H groups in total. The third-order valence-electron chi connectivity index (χ3n) is 3.60. The summed E-state index contributed by atoms with van der Waals surface area (Å²) in [6.45, 7) is 1.80. The largest absolute Gasteiger partial charge is 0.378 e. The van der Waals surface area contributed by atoms with E-state index >= 15 is 0 Å². The summed E-state index contributed by atoms with van der Waals surface area (Å²) < 4.78 is 26.0. The van der Waals surface area contributed by atoms with E-state index in [4.69, 9.17) is 0 Å². The first-order valence-electron chi connectivity index (χ1n) is 7.44. The Hall–Kier alpha value is -2.27. The number of carbonyl (C=O) groups excluding carboxylic acids is 1. The van der Waals surface area contributed by atoms with Crippen molar-refractivity contribution in [2.24, 2.45) is 0 Å². The molecule has 2 rings (SSSR count). The third-order valence-corrected chi connectivity index (χ3v) is 3.60. The Balaban J connectivity index is 1.85. The van der Waals surface area contributed by atoms with E-state index in [1.165, 1.54) is 6.07 Å². The highest BCUT2D eigenvalue weighted by Gasteiger charge is 2.18. The maximum absolute atomic E-state index is 13.1. The zero-order valence-corrected chi connectivity index (χ0v) is 12.8. The average Bonchev–Trinajstić information content (AvgIpc) is 2.56. The fourth-order valence-corrected chi connectivity index (χ4v) is 2.26. The van der Waals surface area contributed by atoms with Gasteiger partial charge in [0.15, 0.2) is 17.7 Å². The molecule has 2 aromatic rings. The van der Waals surface area contributed by atoms with Gasteiger partial charge in [-0.15, -0.1) is 0 Å². The van der Waals surface area contributed by atoms with Gasteiger partial charge in [0, 0.05) is 6.04 Å². The number of rotatable bonds is 6. The fraction of sp³-hybridized carbons (Fsp3) is 0.278. The van der Waals surface area contributed by atoms with E-state index in [1.54, 1.807) is 37.3 Å². The highest BCUT2D eigenvalue weighted by molar-refractivity contribution is 5.82. The zero-order chi connectivity index (χ0) is 16.8. The number of aryl methyl sites for hydroxylation is 1. The number of nitrogens with one attached hydrogen (secondary N) is 1. The molecule has 2 aromatic carbocycles. The van der Waals surface area contributed by atoms with Crippen molar-refractivity contribution in [1.82, 2.24) is 5.32 Å². The SMILES string of the molecule is CC(CCc1ccc(F)c(F)c1)NC(=O)C(O)c1ccccc1. The molecule has 0 aliphatic heterocycles. The van der Waals surface area contributed by atoms with Crippen LogP contribution in [-0.2, 0) is 11.2 Å². The predicted octanol–water partition coefficient (Wildman–Crippen LogP) is 3.14. The second-order valence-corrected chi connectivity index (χ2v) is 5.51. The van der Waals surface area contributed by atoms with Crippen molar-refractivity contribution in [3.8, 4) is 0 Å². The van der Waals surface area contributed by atoms with Crippen molar-refractivity contribution >= 4 is 5.91 Å². The quantitative estimate of drug-likeness (QED) is 0.859. The first-order valence-corrected chi connectivity index (χ1v) is 7.44. The number of amides is 1. The fourth-order valence-electron chi connectivity index (χ4n) is 2.26. The highest BCUT2D eigenvalue weighted by Crippen LogP contribution is 2.14. The first kappa shape index (κ1) is 17.1. The van der Waals surface area contributed by atoms with Crippen LogP contribution >= 0.6 is 0 Å². The van der Waals surface area contributed by atoms with E-state index in [-0.39, 0.29) is 6.04 Å². The van der Waals surface area contributed by atoms with Crippen molar-refractivity contribution in [2.45, 2.75) is 31.9 Å². The summed E-state index contributed by atoms with van der Waals surface area (Å²) in [5.74, 6) is -2.23. The zero-order valence-electron chi connectivity index (χ0n) is 12.8. The summed E-state index contributed by atoms with van der Waals surface area (Å²) in [6.07, 6.45) is -0.166. The lowest BCUT2D eigenvalue weighted by molar-refractivity contribution is -0.130. The lowest BCUT2D eigenvalue weighted by Crippen LogP contribution is -2.36. The molecule has 2 atom stereocenters. The molecule has 0 saturated heterocycles. The summed E-state index contributed by atoms with van der Waals surface area (Å²) in [5.41, 5.74) is 1.19. The molecule has 0 bridgehead atoms. The van der Waals surface area contributed by atoms with Crippen LogP contribution in [0.25, 0.3) is 0 Å². The molecule has 0 fully saturated rings. The number of benzene rings is 2. The lowest BCUT2D eigenvalue weighted by atomic mass is 10.0. The Morgan fingerprint density at radius 2 is 1.83 bits per heavy atom. The third kappa shape index (κ3) is 4.86. The van der Waals surface area contributed by atoms with E-state index in [0.717, 1.165) is 12.1 Å². The molecule has 0 aliphatic carbocycles. The molecule has 1 amide bonds. The van der Waals surface area contributed by atoms with E-state index in [0.29, 0.717) is 24.0 Å². The van der Waals surface area contributed by atoms with Crippen LogP contribution in [0.4, 0.5) is 8.78 Å². The molecule has 0 aromatic heterocycles. The van der Waals surface area contributed by atoms with E-state index < -0.39 is 23.6 Å². The Morgan fingerprint density at radius 3 is 2.48 bits per heavy atom. The Kier molecular flexibility index (Phi) is 5.82. The van der Waals surface area contributed by atoms with Crippen molar-refractivity contribution in [3.05, 3.63) is 71.3 Å². The molecule has 3 nitrogen and oxygen atoms in total. The number of hydrogen-bond acceptors (Lipinski definition) is 2. The molecule has 2 unspecified atom stereocenters. The van der Waals surface area contributed by atoms with E-state index in [2.05, 4.69) is 5.32 Å². The molecule has 122 valence electrons. The Morgan fingerprint density at radius 1 is 1.13 bits per heavy atom. The molecular formula is C18H19F2NO2. The number of aliphatic hydroxyl groups is 1. The molecule has 0 radical (unpaired) electrons. The van der Waals surface area contributed by atoms with Crippen molar-refractivity contribution < 1.29 is 18.7 Å². The van der Waals surface area contributed by atoms with Gasteiger partial charge in [-0.25, -0.2) is 8.78 Å². The molecule has 23 heavy (non-hydrogen) atoms. The molecule has 0 heterocycles. The molecule has 0 spiro atoms. The van der Waals surface area contributed by atoms with Gasteiger partial charge >= 0.3 is 0 Å². The first-order chi connectivity index (χ1) is 11.0. The Labute approximate surface area is 134 Å². The standard InChI is InChI=1S/C18H19F2NO2/c1-12(7-8-13-9-10-15(19)16(20)11-13)21-18(23)17(22)14-5-3-2-4-6-14/h2-6,9-12,17,22H,7-8H2,1H3,(H,21,23). The van der Waals surface area contributed by atoms with Crippen LogP contribution in [0.1, 0.15) is 30.6 Å². The second kappa shape index (κ2) is 7.83. The maximum Gasteiger partial charge on any atom is 0.253 e. The summed E-state index contributed by atoms with van der Waals surface area (Å²) in [7, 11) is 0. The maximum atomic E-state index is 13.1. The highest BCUT2D eigenvalue weighted by atomic mass is 19.2. The normalized spacial score (nSPS) is 13.4. The summed E-state index contributed by atoms with van der Waals surface area (Å²) >= 11 is 0. The second-order valence-electron chi connectivity index (χ2n) is 5.51. The number of hydrogen-bond donors (Lipinski definition) is 2. The van der Waals surface area contributed by atoms with Crippen molar-refractivity contribution in [1.29, 1.82) is 0 Å². The van der Waals surface area contributed by atoms with Gasteiger partial charge in [0.1, 0.15) is 0 Å². The van der Waals surface area contributed by atoms with Crippen LogP contribution in [0.3, 0.4) is 0 Å². The smallest absolute Gasteiger partial charge is 0.253 e. The molecule has 0 aliphatic rings. The number of aliphatic hydroxyl groups excluding tert-OH is 1. The van der Waals surface area contributed by atoms with Gasteiger partial charge in [-0.1, -0.05) is 36.4 Å². The summed E-state index contributed by atoms with van der Waals surface area (Å²) in [6, 6.07) is 12.2. The van der Waals surface area contributed by atoms with Gasteiger partial charge in [0.2, 0.25) is 0 Å². The monoisotopic (exact) mass is 319 g/mol. The van der Waals surface area contributed by atoms with Gasteiger partial charge in [-0.3, -0.25) is 4.79 Å². The van der Waals surface area contributed by atoms with E-state index in [1.807, 2.05) is 0 Å². The molecule has 5 heteroatoms. The minimum absolute atomic E-state index is 0.200. The number of carbonyl (C=O) groups is 1. The lowest BCUT2D eigenvalue weighted by Gasteiger charge is -2.17. The van der Waals surface area contributed by atoms with Gasteiger partial charge in [0.05, 0.1) is 0 Å². The van der Waals surface area contributed by atoms with Gasteiger partial charge in [-0.05, 0) is 43.0 Å². The average molecular weight is 319 g/mol. The van der Waals surface area contributed by atoms with E-state index in [9.17, 15) is 18.7 Å². The minimum atomic E-state index is -1.22. The van der Waals surface area contributed by atoms with Crippen LogP contribution in [-0.4, -0.2) is 17.1 Å². The van der Waals surface area contributed by atoms with Gasteiger partial charge < -0.3 is 10.4 Å². The summed E-state index contributed by atoms with van der Waals surface area (Å²) in [5, 5.41) is 12.7. The molecule has 0 saturated carbocycles. The van der Waals surface area contributed by atoms with Crippen molar-refractivity contribution in [2.75, 3.05) is 0 Å². The Bertz CT molecular complexity index is 661. The van der Waals surface area contributed by atoms with Gasteiger partial charge in [-0.2, -0.15) is 0 Å². The van der Waals surface area contributed by atoms with Crippen LogP contribution in [0.15, 0.2) is 48.5 Å². The summed E-state index contributed by atoms with van der Waals surface area (Å²) in [4.78, 5) is 12.0. The van der Waals surface area contributed by atoms with Crippen LogP contribution in [0, 0.1) is 11.6 Å². The number of halogens is 2. The van der Waals surface area contributed by atoms with Gasteiger partial charge in [0.25, 0.3) is 5.91 Å². The predicted molar refractivity (Wildman–Crippen MR) is 83.7 cm³/mol. The van der Waals surface area contributed by atoms with Crippen LogP contribution in [0.2, 0.25) is 0 Å². The van der Waals surface area contributed by atoms with Crippen LogP contribution in [0.5, 0.6) is 0 Å². The van der Waals surface area contributed by atoms with Crippen LogP contribution < -0.4 is 5.32 Å². The minimum Gasteiger partial charge on any atom is -0.378 e.